The molecule has 0 fully saturated rings. The highest BCUT2D eigenvalue weighted by molar-refractivity contribution is 5.99. The number of benzene rings is 3. The lowest BCUT2D eigenvalue weighted by atomic mass is 10.1. The minimum absolute atomic E-state index is 0.171. The molecular formula is C20H19N3O. The number of hydrazone groups is 1. The summed E-state index contributed by atoms with van der Waals surface area (Å²) in [6.07, 6.45) is 0. The van der Waals surface area contributed by atoms with Gasteiger partial charge in [0.05, 0.1) is 12.3 Å². The van der Waals surface area contributed by atoms with E-state index in [1.165, 1.54) is 5.39 Å². The van der Waals surface area contributed by atoms with Crippen LogP contribution < -0.4 is 10.7 Å². The first-order chi connectivity index (χ1) is 11.7. The van der Waals surface area contributed by atoms with Crippen LogP contribution in [0.3, 0.4) is 0 Å². The average molecular weight is 317 g/mol. The first kappa shape index (κ1) is 15.7. The Kier molecular flexibility index (Phi) is 4.87. The van der Waals surface area contributed by atoms with Crippen molar-refractivity contribution in [3.8, 4) is 0 Å². The topological polar surface area (TPSA) is 53.5 Å². The quantitative estimate of drug-likeness (QED) is 0.555. The van der Waals surface area contributed by atoms with Crippen LogP contribution in [0.4, 0.5) is 5.69 Å². The second kappa shape index (κ2) is 7.42. The van der Waals surface area contributed by atoms with Crippen LogP contribution >= 0.6 is 0 Å². The van der Waals surface area contributed by atoms with E-state index in [-0.39, 0.29) is 12.5 Å². The number of hydrogen-bond donors (Lipinski definition) is 2. The molecule has 3 rings (SSSR count). The lowest BCUT2D eigenvalue weighted by Gasteiger charge is -2.07. The van der Waals surface area contributed by atoms with Crippen LogP contribution in [0.2, 0.25) is 0 Å². The third kappa shape index (κ3) is 3.98. The van der Waals surface area contributed by atoms with Crippen molar-refractivity contribution in [3.63, 3.8) is 0 Å². The van der Waals surface area contributed by atoms with E-state index in [9.17, 15) is 4.79 Å². The van der Waals surface area contributed by atoms with Crippen molar-refractivity contribution in [1.29, 1.82) is 0 Å². The smallest absolute Gasteiger partial charge is 0.259 e. The Labute approximate surface area is 141 Å². The molecule has 4 nitrogen and oxygen atoms in total. The number of amides is 1. The maximum atomic E-state index is 11.9. The number of fused-ring (bicyclic) bond motifs is 1. The number of anilines is 1. The summed E-state index contributed by atoms with van der Waals surface area (Å²) in [6.45, 7) is 2.04. The van der Waals surface area contributed by atoms with E-state index in [1.54, 1.807) is 0 Å². The Morgan fingerprint density at radius 1 is 0.917 bits per heavy atom. The average Bonchev–Trinajstić information content (AvgIpc) is 2.65. The highest BCUT2D eigenvalue weighted by Crippen LogP contribution is 2.18. The molecule has 0 heterocycles. The molecule has 0 atom stereocenters. The molecule has 3 aromatic rings. The molecule has 1 amide bonds. The fraction of sp³-hybridized carbons (Fsp3) is 0.100. The van der Waals surface area contributed by atoms with Gasteiger partial charge in [0.25, 0.3) is 5.91 Å². The highest BCUT2D eigenvalue weighted by Gasteiger charge is 2.02. The summed E-state index contributed by atoms with van der Waals surface area (Å²) in [6, 6.07) is 23.9. The molecule has 0 saturated heterocycles. The molecule has 3 aromatic carbocycles. The second-order valence-corrected chi connectivity index (χ2v) is 5.51. The van der Waals surface area contributed by atoms with Gasteiger partial charge in [0, 0.05) is 5.69 Å². The van der Waals surface area contributed by atoms with Gasteiger partial charge in [-0.1, -0.05) is 60.7 Å². The van der Waals surface area contributed by atoms with E-state index in [2.05, 4.69) is 21.9 Å². The third-order valence-electron chi connectivity index (χ3n) is 3.74. The van der Waals surface area contributed by atoms with Crippen molar-refractivity contribution in [2.45, 2.75) is 6.92 Å². The lowest BCUT2D eigenvalue weighted by molar-refractivity contribution is -0.119. The van der Waals surface area contributed by atoms with Gasteiger partial charge in [-0.25, -0.2) is 5.43 Å². The third-order valence-corrected chi connectivity index (χ3v) is 3.74. The van der Waals surface area contributed by atoms with E-state index in [0.29, 0.717) is 0 Å². The van der Waals surface area contributed by atoms with Crippen molar-refractivity contribution in [2.24, 2.45) is 5.10 Å². The summed E-state index contributed by atoms with van der Waals surface area (Å²) >= 11 is 0. The molecule has 0 spiro atoms. The maximum absolute atomic E-state index is 11.9. The summed E-state index contributed by atoms with van der Waals surface area (Å²) in [5.74, 6) is -0.182. The Morgan fingerprint density at radius 2 is 1.62 bits per heavy atom. The minimum atomic E-state index is -0.182. The summed E-state index contributed by atoms with van der Waals surface area (Å²) in [4.78, 5) is 11.9. The zero-order valence-electron chi connectivity index (χ0n) is 13.5. The molecule has 0 unspecified atom stereocenters. The summed E-state index contributed by atoms with van der Waals surface area (Å²) in [5, 5.41) is 9.57. The molecule has 0 aliphatic carbocycles. The SMILES string of the molecule is C/C(=N\NC(=O)CNc1ccc2ccccc2c1)c1ccccc1. The summed E-state index contributed by atoms with van der Waals surface area (Å²) in [5.41, 5.74) is 5.24. The lowest BCUT2D eigenvalue weighted by Crippen LogP contribution is -2.26. The van der Waals surface area contributed by atoms with Crippen molar-refractivity contribution >= 4 is 28.1 Å². The molecule has 0 saturated carbocycles. The van der Waals surface area contributed by atoms with Gasteiger partial charge < -0.3 is 5.32 Å². The predicted octanol–water partition coefficient (Wildman–Crippen LogP) is 3.79. The van der Waals surface area contributed by atoms with E-state index in [1.807, 2.05) is 73.7 Å². The van der Waals surface area contributed by atoms with Crippen LogP contribution in [-0.4, -0.2) is 18.2 Å². The van der Waals surface area contributed by atoms with Crippen molar-refractivity contribution in [1.82, 2.24) is 5.43 Å². The van der Waals surface area contributed by atoms with Gasteiger partial charge in [-0.05, 0) is 35.4 Å². The highest BCUT2D eigenvalue weighted by atomic mass is 16.2. The monoisotopic (exact) mass is 317 g/mol. The van der Waals surface area contributed by atoms with E-state index in [4.69, 9.17) is 0 Å². The first-order valence-corrected chi connectivity index (χ1v) is 7.83. The fourth-order valence-electron chi connectivity index (χ4n) is 2.41. The number of carbonyl (C=O) groups excluding carboxylic acids is 1. The van der Waals surface area contributed by atoms with Gasteiger partial charge in [0.1, 0.15) is 0 Å². The molecule has 0 aliphatic rings. The van der Waals surface area contributed by atoms with Gasteiger partial charge in [-0.2, -0.15) is 5.10 Å². The van der Waals surface area contributed by atoms with Gasteiger partial charge in [0.15, 0.2) is 0 Å². The van der Waals surface area contributed by atoms with E-state index < -0.39 is 0 Å². The molecule has 0 aromatic heterocycles. The summed E-state index contributed by atoms with van der Waals surface area (Å²) in [7, 11) is 0. The molecule has 2 N–H and O–H groups in total. The Balaban J connectivity index is 1.57. The van der Waals surface area contributed by atoms with Crippen LogP contribution in [0.25, 0.3) is 10.8 Å². The molecule has 0 aliphatic heterocycles. The van der Waals surface area contributed by atoms with Crippen molar-refractivity contribution < 1.29 is 4.79 Å². The normalized spacial score (nSPS) is 11.3. The van der Waals surface area contributed by atoms with Crippen LogP contribution in [0.1, 0.15) is 12.5 Å². The van der Waals surface area contributed by atoms with Crippen LogP contribution in [0, 0.1) is 0 Å². The Hall–Kier alpha value is -3.14. The largest absolute Gasteiger partial charge is 0.376 e. The van der Waals surface area contributed by atoms with Gasteiger partial charge in [-0.15, -0.1) is 0 Å². The predicted molar refractivity (Wildman–Crippen MR) is 99.2 cm³/mol. The zero-order chi connectivity index (χ0) is 16.8. The Morgan fingerprint density at radius 3 is 2.42 bits per heavy atom. The molecular weight excluding hydrogens is 298 g/mol. The van der Waals surface area contributed by atoms with E-state index in [0.717, 1.165) is 22.3 Å². The first-order valence-electron chi connectivity index (χ1n) is 7.83. The van der Waals surface area contributed by atoms with E-state index >= 15 is 0 Å². The maximum Gasteiger partial charge on any atom is 0.259 e. The minimum Gasteiger partial charge on any atom is -0.376 e. The van der Waals surface area contributed by atoms with Crippen LogP contribution in [-0.2, 0) is 4.79 Å². The van der Waals surface area contributed by atoms with Crippen molar-refractivity contribution in [2.75, 3.05) is 11.9 Å². The number of nitrogens with zero attached hydrogens (tertiary/aromatic N) is 1. The van der Waals surface area contributed by atoms with Gasteiger partial charge in [0.2, 0.25) is 0 Å². The molecule has 24 heavy (non-hydrogen) atoms. The number of carbonyl (C=O) groups is 1. The number of hydrogen-bond acceptors (Lipinski definition) is 3. The second-order valence-electron chi connectivity index (χ2n) is 5.51. The van der Waals surface area contributed by atoms with Crippen molar-refractivity contribution in [3.05, 3.63) is 78.4 Å². The number of rotatable bonds is 5. The van der Waals surface area contributed by atoms with Gasteiger partial charge in [-0.3, -0.25) is 4.79 Å². The zero-order valence-corrected chi connectivity index (χ0v) is 13.5. The van der Waals surface area contributed by atoms with Crippen LogP contribution in [0.15, 0.2) is 77.9 Å². The molecule has 4 heteroatoms. The molecule has 0 bridgehead atoms. The molecule has 120 valence electrons. The number of nitrogens with one attached hydrogen (secondary N) is 2. The summed E-state index contributed by atoms with van der Waals surface area (Å²) < 4.78 is 0. The fourth-order valence-corrected chi connectivity index (χ4v) is 2.41. The standard InChI is InChI=1S/C20H19N3O/c1-15(16-7-3-2-4-8-16)22-23-20(24)14-21-19-12-11-17-9-5-6-10-18(17)13-19/h2-13,21H,14H2,1H3,(H,23,24)/b22-15+. The Bertz CT molecular complexity index is 872. The van der Waals surface area contributed by atoms with Gasteiger partial charge >= 0.3 is 0 Å². The molecule has 0 radical (unpaired) electrons. The van der Waals surface area contributed by atoms with Crippen LogP contribution in [0.5, 0.6) is 0 Å².